The van der Waals surface area contributed by atoms with Crippen LogP contribution in [0, 0.1) is 5.92 Å². The van der Waals surface area contributed by atoms with E-state index in [-0.39, 0.29) is 18.2 Å². The van der Waals surface area contributed by atoms with Gasteiger partial charge in [-0.05, 0) is 47.9 Å². The number of esters is 1. The first-order chi connectivity index (χ1) is 12.9. The molecule has 2 aromatic rings. The van der Waals surface area contributed by atoms with Crippen molar-refractivity contribution >= 4 is 17.6 Å². The van der Waals surface area contributed by atoms with Crippen molar-refractivity contribution in [2.24, 2.45) is 5.92 Å². The van der Waals surface area contributed by atoms with E-state index in [9.17, 15) is 9.59 Å². The smallest absolute Gasteiger partial charge is 0.311 e. The van der Waals surface area contributed by atoms with E-state index in [4.69, 9.17) is 14.2 Å². The molecule has 0 saturated carbocycles. The van der Waals surface area contributed by atoms with Crippen molar-refractivity contribution in [1.82, 2.24) is 0 Å². The molecule has 2 rings (SSSR count). The van der Waals surface area contributed by atoms with Crippen molar-refractivity contribution in [2.75, 3.05) is 19.5 Å². The van der Waals surface area contributed by atoms with Gasteiger partial charge < -0.3 is 19.5 Å². The van der Waals surface area contributed by atoms with Crippen LogP contribution < -0.4 is 14.8 Å². The second kappa shape index (κ2) is 9.62. The lowest BCUT2D eigenvalue weighted by atomic mass is 10.1. The summed E-state index contributed by atoms with van der Waals surface area (Å²) in [5.74, 6) is 0.426. The van der Waals surface area contributed by atoms with Crippen LogP contribution in [0.3, 0.4) is 0 Å². The molecule has 0 heterocycles. The van der Waals surface area contributed by atoms with Gasteiger partial charge in [-0.15, -0.1) is 0 Å². The molecule has 0 aromatic heterocycles. The number of benzene rings is 2. The summed E-state index contributed by atoms with van der Waals surface area (Å²) in [6.07, 6.45) is -0.791. The number of amides is 1. The third-order valence-electron chi connectivity index (χ3n) is 3.99. The largest absolute Gasteiger partial charge is 0.497 e. The van der Waals surface area contributed by atoms with Crippen LogP contribution in [0.25, 0.3) is 0 Å². The third-order valence-corrected chi connectivity index (χ3v) is 3.99. The van der Waals surface area contributed by atoms with E-state index < -0.39 is 12.1 Å². The minimum atomic E-state index is -0.877. The van der Waals surface area contributed by atoms with Gasteiger partial charge in [0.1, 0.15) is 11.5 Å². The SMILES string of the molecule is COc1ccc(CC(=O)O[C@H](C(=O)Nc2ccc(OC)cc2)C(C)C)cc1. The van der Waals surface area contributed by atoms with E-state index in [0.717, 1.165) is 5.56 Å². The molecule has 27 heavy (non-hydrogen) atoms. The first-order valence-electron chi connectivity index (χ1n) is 8.70. The monoisotopic (exact) mass is 371 g/mol. The molecular weight excluding hydrogens is 346 g/mol. The molecule has 144 valence electrons. The lowest BCUT2D eigenvalue weighted by Gasteiger charge is -2.21. The highest BCUT2D eigenvalue weighted by atomic mass is 16.5. The maximum absolute atomic E-state index is 12.5. The third kappa shape index (κ3) is 6.02. The molecule has 0 aliphatic rings. The summed E-state index contributed by atoms with van der Waals surface area (Å²) in [5, 5.41) is 2.77. The van der Waals surface area contributed by atoms with Crippen LogP contribution in [0.2, 0.25) is 0 Å². The molecule has 6 nitrogen and oxygen atoms in total. The van der Waals surface area contributed by atoms with Gasteiger partial charge in [-0.1, -0.05) is 26.0 Å². The molecule has 0 aliphatic heterocycles. The van der Waals surface area contributed by atoms with Crippen LogP contribution in [-0.4, -0.2) is 32.2 Å². The van der Waals surface area contributed by atoms with Gasteiger partial charge in [-0.25, -0.2) is 0 Å². The predicted molar refractivity (Wildman–Crippen MR) is 103 cm³/mol. The molecular formula is C21H25NO5. The number of nitrogens with one attached hydrogen (secondary N) is 1. The van der Waals surface area contributed by atoms with Crippen LogP contribution in [-0.2, 0) is 20.7 Å². The number of hydrogen-bond donors (Lipinski definition) is 1. The highest BCUT2D eigenvalue weighted by Crippen LogP contribution is 2.18. The Morgan fingerprint density at radius 3 is 1.89 bits per heavy atom. The summed E-state index contributed by atoms with van der Waals surface area (Å²) >= 11 is 0. The highest BCUT2D eigenvalue weighted by molar-refractivity contribution is 5.95. The Balaban J connectivity index is 1.97. The van der Waals surface area contributed by atoms with Crippen molar-refractivity contribution in [2.45, 2.75) is 26.4 Å². The van der Waals surface area contributed by atoms with Crippen LogP contribution >= 0.6 is 0 Å². The number of ether oxygens (including phenoxy) is 3. The van der Waals surface area contributed by atoms with E-state index in [1.54, 1.807) is 62.8 Å². The van der Waals surface area contributed by atoms with Crippen LogP contribution in [0.5, 0.6) is 11.5 Å². The molecule has 1 N–H and O–H groups in total. The van der Waals surface area contributed by atoms with Gasteiger partial charge in [0.05, 0.1) is 20.6 Å². The zero-order chi connectivity index (χ0) is 19.8. The van der Waals surface area contributed by atoms with Gasteiger partial charge in [0, 0.05) is 5.69 Å². The Labute approximate surface area is 159 Å². The lowest BCUT2D eigenvalue weighted by molar-refractivity contribution is -0.156. The number of hydrogen-bond acceptors (Lipinski definition) is 5. The summed E-state index contributed by atoms with van der Waals surface area (Å²) in [4.78, 5) is 24.8. The number of rotatable bonds is 8. The number of methoxy groups -OCH3 is 2. The molecule has 1 atom stereocenters. The maximum Gasteiger partial charge on any atom is 0.311 e. The van der Waals surface area contributed by atoms with E-state index in [1.807, 2.05) is 13.8 Å². The Bertz CT molecular complexity index is 753. The molecule has 6 heteroatoms. The van der Waals surface area contributed by atoms with Gasteiger partial charge in [0.25, 0.3) is 5.91 Å². The quantitative estimate of drug-likeness (QED) is 0.720. The highest BCUT2D eigenvalue weighted by Gasteiger charge is 2.26. The van der Waals surface area contributed by atoms with Crippen molar-refractivity contribution in [3.63, 3.8) is 0 Å². The topological polar surface area (TPSA) is 73.9 Å². The zero-order valence-electron chi connectivity index (χ0n) is 16.0. The molecule has 0 bridgehead atoms. The second-order valence-corrected chi connectivity index (χ2v) is 6.40. The number of carbonyl (C=O) groups is 2. The van der Waals surface area contributed by atoms with Crippen LogP contribution in [0.15, 0.2) is 48.5 Å². The number of anilines is 1. The van der Waals surface area contributed by atoms with Gasteiger partial charge in [0.2, 0.25) is 0 Å². The minimum Gasteiger partial charge on any atom is -0.497 e. The Morgan fingerprint density at radius 2 is 1.41 bits per heavy atom. The van der Waals surface area contributed by atoms with E-state index in [0.29, 0.717) is 17.2 Å². The average molecular weight is 371 g/mol. The first kappa shape index (κ1) is 20.3. The van der Waals surface area contributed by atoms with Crippen molar-refractivity contribution < 1.29 is 23.8 Å². The number of carbonyl (C=O) groups excluding carboxylic acids is 2. The van der Waals surface area contributed by atoms with Crippen LogP contribution in [0.4, 0.5) is 5.69 Å². The fourth-order valence-electron chi connectivity index (χ4n) is 2.47. The summed E-state index contributed by atoms with van der Waals surface area (Å²) < 4.78 is 15.6. The predicted octanol–water partition coefficient (Wildman–Crippen LogP) is 3.45. The summed E-state index contributed by atoms with van der Waals surface area (Å²) in [5.41, 5.74) is 1.40. The summed E-state index contributed by atoms with van der Waals surface area (Å²) in [7, 11) is 3.16. The van der Waals surface area contributed by atoms with Gasteiger partial charge >= 0.3 is 5.97 Å². The van der Waals surface area contributed by atoms with E-state index in [2.05, 4.69) is 5.32 Å². The minimum absolute atomic E-state index is 0.0863. The lowest BCUT2D eigenvalue weighted by Crippen LogP contribution is -2.37. The van der Waals surface area contributed by atoms with E-state index in [1.165, 1.54) is 0 Å². The first-order valence-corrected chi connectivity index (χ1v) is 8.70. The Hall–Kier alpha value is -3.02. The molecule has 0 fully saturated rings. The molecule has 0 radical (unpaired) electrons. The zero-order valence-corrected chi connectivity index (χ0v) is 16.0. The molecule has 0 aliphatic carbocycles. The standard InChI is InChI=1S/C21H25NO5/c1-14(2)20(21(24)22-16-7-11-18(26-4)12-8-16)27-19(23)13-15-5-9-17(25-3)10-6-15/h5-12,14,20H,13H2,1-4H3,(H,22,24)/t20-/m0/s1. The maximum atomic E-state index is 12.5. The van der Waals surface area contributed by atoms with Gasteiger partial charge in [-0.2, -0.15) is 0 Å². The Morgan fingerprint density at radius 1 is 0.889 bits per heavy atom. The molecule has 0 saturated heterocycles. The molecule has 1 amide bonds. The van der Waals surface area contributed by atoms with Crippen molar-refractivity contribution in [1.29, 1.82) is 0 Å². The van der Waals surface area contributed by atoms with Crippen molar-refractivity contribution in [3.8, 4) is 11.5 Å². The Kier molecular flexibility index (Phi) is 7.23. The second-order valence-electron chi connectivity index (χ2n) is 6.40. The molecule has 0 unspecified atom stereocenters. The molecule has 0 spiro atoms. The van der Waals surface area contributed by atoms with Crippen LogP contribution in [0.1, 0.15) is 19.4 Å². The fraction of sp³-hybridized carbons (Fsp3) is 0.333. The molecule has 2 aromatic carbocycles. The van der Waals surface area contributed by atoms with Gasteiger partial charge in [0.15, 0.2) is 6.10 Å². The van der Waals surface area contributed by atoms with Crippen molar-refractivity contribution in [3.05, 3.63) is 54.1 Å². The van der Waals surface area contributed by atoms with E-state index >= 15 is 0 Å². The normalized spacial score (nSPS) is 11.6. The fourth-order valence-corrected chi connectivity index (χ4v) is 2.47. The summed E-state index contributed by atoms with van der Waals surface area (Å²) in [6.45, 7) is 3.66. The average Bonchev–Trinajstić information content (AvgIpc) is 2.67. The van der Waals surface area contributed by atoms with Gasteiger partial charge in [-0.3, -0.25) is 9.59 Å². The summed E-state index contributed by atoms with van der Waals surface area (Å²) in [6, 6.07) is 14.1.